The van der Waals surface area contributed by atoms with Crippen LogP contribution in [0.15, 0.2) is 24.3 Å². The molecule has 2 atom stereocenters. The van der Waals surface area contributed by atoms with Gasteiger partial charge in [0.15, 0.2) is 6.54 Å². The van der Waals surface area contributed by atoms with Gasteiger partial charge in [-0.15, -0.1) is 0 Å². The Kier molecular flexibility index (Phi) is 6.00. The molecule has 2 unspecified atom stereocenters. The Balaban J connectivity index is 1.17. The second-order valence-corrected chi connectivity index (χ2v) is 11.1. The van der Waals surface area contributed by atoms with Gasteiger partial charge in [0.05, 0.1) is 20.3 Å². The van der Waals surface area contributed by atoms with E-state index in [1.165, 1.54) is 54.7 Å². The largest absolute Gasteiger partial charge is 0.378 e. The Morgan fingerprint density at radius 3 is 2.39 bits per heavy atom. The maximum Gasteiger partial charge on any atom is 0.275 e. The molecule has 4 bridgehead atoms. The van der Waals surface area contributed by atoms with Gasteiger partial charge in [0, 0.05) is 30.4 Å². The fourth-order valence-electron chi connectivity index (χ4n) is 7.59. The van der Waals surface area contributed by atoms with Gasteiger partial charge in [-0.2, -0.15) is 0 Å². The number of amides is 1. The van der Waals surface area contributed by atoms with E-state index in [4.69, 9.17) is 4.74 Å². The SMILES string of the molecule is CC(NC(=O)C[NH+](C)Cc1ccccc1N1CCOCC1)C12CC3CC(CC(C3)C1)C2. The molecule has 6 rings (SSSR count). The summed E-state index contributed by atoms with van der Waals surface area (Å²) in [4.78, 5) is 16.6. The van der Waals surface area contributed by atoms with Crippen LogP contribution in [0, 0.1) is 23.2 Å². The van der Waals surface area contributed by atoms with Crippen LogP contribution in [0.1, 0.15) is 51.0 Å². The first kappa shape index (κ1) is 21.3. The summed E-state index contributed by atoms with van der Waals surface area (Å²) >= 11 is 0. The number of para-hydroxylation sites is 1. The van der Waals surface area contributed by atoms with Crippen molar-refractivity contribution in [3.05, 3.63) is 29.8 Å². The second kappa shape index (κ2) is 8.74. The molecular formula is C26H40N3O2+. The number of nitrogens with one attached hydrogen (secondary N) is 2. The number of hydrogen-bond acceptors (Lipinski definition) is 3. The normalized spacial score (nSPS) is 33.9. The predicted molar refractivity (Wildman–Crippen MR) is 123 cm³/mol. The molecule has 1 aromatic rings. The fourth-order valence-corrected chi connectivity index (χ4v) is 7.59. The summed E-state index contributed by atoms with van der Waals surface area (Å²) in [5, 5.41) is 3.44. The molecule has 0 aromatic heterocycles. The monoisotopic (exact) mass is 426 g/mol. The number of anilines is 1. The van der Waals surface area contributed by atoms with Crippen molar-refractivity contribution in [2.24, 2.45) is 23.2 Å². The van der Waals surface area contributed by atoms with Crippen molar-refractivity contribution in [3.63, 3.8) is 0 Å². The molecule has 2 N–H and O–H groups in total. The van der Waals surface area contributed by atoms with E-state index < -0.39 is 0 Å². The molecule has 4 saturated carbocycles. The molecule has 5 fully saturated rings. The lowest BCUT2D eigenvalue weighted by Gasteiger charge is -2.59. The van der Waals surface area contributed by atoms with Crippen molar-refractivity contribution in [2.75, 3.05) is 44.8 Å². The maximum absolute atomic E-state index is 13.0. The Morgan fingerprint density at radius 2 is 1.74 bits per heavy atom. The minimum atomic E-state index is 0.213. The zero-order chi connectivity index (χ0) is 21.4. The fraction of sp³-hybridized carbons (Fsp3) is 0.731. The summed E-state index contributed by atoms with van der Waals surface area (Å²) in [6, 6.07) is 8.96. The quantitative estimate of drug-likeness (QED) is 0.703. The number of likely N-dealkylation sites (N-methyl/N-ethyl adjacent to an activating group) is 1. The average Bonchev–Trinajstić information content (AvgIpc) is 2.73. The van der Waals surface area contributed by atoms with Crippen LogP contribution in [0.3, 0.4) is 0 Å². The molecule has 1 aliphatic heterocycles. The van der Waals surface area contributed by atoms with Gasteiger partial charge >= 0.3 is 0 Å². The van der Waals surface area contributed by atoms with Gasteiger partial charge < -0.3 is 19.9 Å². The zero-order valence-corrected chi connectivity index (χ0v) is 19.4. The number of quaternary nitrogens is 1. The number of nitrogens with zero attached hydrogens (tertiary/aromatic N) is 1. The van der Waals surface area contributed by atoms with E-state index in [1.54, 1.807) is 0 Å². The molecule has 5 aliphatic rings. The predicted octanol–water partition coefficient (Wildman–Crippen LogP) is 2.26. The summed E-state index contributed by atoms with van der Waals surface area (Å²) in [7, 11) is 2.14. The molecule has 1 amide bonds. The highest BCUT2D eigenvalue weighted by atomic mass is 16.5. The van der Waals surface area contributed by atoms with E-state index in [-0.39, 0.29) is 5.91 Å². The molecular weight excluding hydrogens is 386 g/mol. The molecule has 5 nitrogen and oxygen atoms in total. The van der Waals surface area contributed by atoms with Gasteiger partial charge in [0.2, 0.25) is 0 Å². The van der Waals surface area contributed by atoms with E-state index in [0.717, 1.165) is 50.6 Å². The molecule has 1 saturated heterocycles. The van der Waals surface area contributed by atoms with Crippen molar-refractivity contribution in [1.82, 2.24) is 5.32 Å². The first-order chi connectivity index (χ1) is 15.0. The number of carbonyl (C=O) groups is 1. The lowest BCUT2D eigenvalue weighted by Crippen LogP contribution is -3.09. The lowest BCUT2D eigenvalue weighted by molar-refractivity contribution is -0.885. The van der Waals surface area contributed by atoms with Crippen molar-refractivity contribution in [2.45, 2.75) is 58.0 Å². The smallest absolute Gasteiger partial charge is 0.275 e. The number of carbonyl (C=O) groups excluding carboxylic acids is 1. The van der Waals surface area contributed by atoms with Crippen molar-refractivity contribution < 1.29 is 14.4 Å². The van der Waals surface area contributed by atoms with Gasteiger partial charge in [-0.25, -0.2) is 0 Å². The molecule has 31 heavy (non-hydrogen) atoms. The topological polar surface area (TPSA) is 46.0 Å². The lowest BCUT2D eigenvalue weighted by atomic mass is 9.48. The summed E-state index contributed by atoms with van der Waals surface area (Å²) in [5.41, 5.74) is 3.00. The van der Waals surface area contributed by atoms with E-state index in [0.29, 0.717) is 18.0 Å². The summed E-state index contributed by atoms with van der Waals surface area (Å²) < 4.78 is 5.52. The van der Waals surface area contributed by atoms with E-state index in [1.807, 2.05) is 0 Å². The van der Waals surface area contributed by atoms with Gasteiger partial charge in [-0.1, -0.05) is 18.2 Å². The molecule has 170 valence electrons. The van der Waals surface area contributed by atoms with Gasteiger partial charge in [-0.3, -0.25) is 4.79 Å². The number of benzene rings is 1. The van der Waals surface area contributed by atoms with E-state index in [2.05, 4.69) is 48.5 Å². The van der Waals surface area contributed by atoms with Crippen molar-refractivity contribution >= 4 is 11.6 Å². The summed E-state index contributed by atoms with van der Waals surface area (Å²) in [5.74, 6) is 2.99. The Hall–Kier alpha value is -1.59. The van der Waals surface area contributed by atoms with Crippen LogP contribution < -0.4 is 15.1 Å². The number of morpholine rings is 1. The third-order valence-corrected chi connectivity index (χ3v) is 8.68. The van der Waals surface area contributed by atoms with E-state index >= 15 is 0 Å². The van der Waals surface area contributed by atoms with Crippen LogP contribution >= 0.6 is 0 Å². The Labute approximate surface area is 187 Å². The number of ether oxygens (including phenoxy) is 1. The summed E-state index contributed by atoms with van der Waals surface area (Å²) in [6.45, 7) is 7.16. The van der Waals surface area contributed by atoms with Crippen molar-refractivity contribution in [1.29, 1.82) is 0 Å². The van der Waals surface area contributed by atoms with Crippen molar-refractivity contribution in [3.8, 4) is 0 Å². The minimum Gasteiger partial charge on any atom is -0.378 e. The maximum atomic E-state index is 13.0. The third kappa shape index (κ3) is 4.49. The standard InChI is InChI=1S/C26H39N3O2/c1-19(26-14-20-11-21(15-26)13-22(12-20)16-26)27-25(30)18-28(2)17-23-5-3-4-6-24(23)29-7-9-31-10-8-29/h3-6,19-22H,7-18H2,1-2H3,(H,27,30)/p+1. The van der Waals surface area contributed by atoms with Gasteiger partial charge in [0.25, 0.3) is 5.91 Å². The van der Waals surface area contributed by atoms with Gasteiger partial charge in [0.1, 0.15) is 6.54 Å². The average molecular weight is 427 g/mol. The highest BCUT2D eigenvalue weighted by Gasteiger charge is 2.53. The Morgan fingerprint density at radius 1 is 1.13 bits per heavy atom. The van der Waals surface area contributed by atoms with Crippen LogP contribution in [0.4, 0.5) is 5.69 Å². The Bertz CT molecular complexity index is 753. The second-order valence-electron chi connectivity index (χ2n) is 11.1. The third-order valence-electron chi connectivity index (χ3n) is 8.68. The number of rotatable bonds is 7. The number of hydrogen-bond donors (Lipinski definition) is 2. The molecule has 0 radical (unpaired) electrons. The van der Waals surface area contributed by atoms with Crippen LogP contribution in [0.5, 0.6) is 0 Å². The summed E-state index contributed by atoms with van der Waals surface area (Å²) in [6.07, 6.45) is 8.39. The molecule has 5 heteroatoms. The van der Waals surface area contributed by atoms with E-state index in [9.17, 15) is 4.79 Å². The highest BCUT2D eigenvalue weighted by molar-refractivity contribution is 5.77. The van der Waals surface area contributed by atoms with Crippen LogP contribution in [0.25, 0.3) is 0 Å². The minimum absolute atomic E-state index is 0.213. The molecule has 4 aliphatic carbocycles. The van der Waals surface area contributed by atoms with Crippen LogP contribution in [0.2, 0.25) is 0 Å². The molecule has 0 spiro atoms. The first-order valence-electron chi connectivity index (χ1n) is 12.5. The zero-order valence-electron chi connectivity index (χ0n) is 19.4. The first-order valence-corrected chi connectivity index (χ1v) is 12.5. The van der Waals surface area contributed by atoms with Crippen LogP contribution in [-0.4, -0.2) is 51.8 Å². The van der Waals surface area contributed by atoms with Crippen LogP contribution in [-0.2, 0) is 16.1 Å². The molecule has 1 heterocycles. The molecule has 1 aromatic carbocycles. The van der Waals surface area contributed by atoms with Gasteiger partial charge in [-0.05, 0) is 74.7 Å². The highest BCUT2D eigenvalue weighted by Crippen LogP contribution is 2.61.